The van der Waals surface area contributed by atoms with Crippen molar-refractivity contribution in [1.29, 1.82) is 0 Å². The van der Waals surface area contributed by atoms with Gasteiger partial charge in [-0.05, 0) is 56.3 Å². The molecule has 1 aliphatic rings. The summed E-state index contributed by atoms with van der Waals surface area (Å²) in [4.78, 5) is 6.98. The number of nitrogens with one attached hydrogen (secondary N) is 1. The minimum absolute atomic E-state index is 0.384. The van der Waals surface area contributed by atoms with Crippen molar-refractivity contribution >= 4 is 5.82 Å². The van der Waals surface area contributed by atoms with Crippen LogP contribution in [0.4, 0.5) is 5.82 Å². The van der Waals surface area contributed by atoms with Crippen molar-refractivity contribution in [2.75, 3.05) is 25.0 Å². The lowest BCUT2D eigenvalue weighted by Crippen LogP contribution is -2.35. The summed E-state index contributed by atoms with van der Waals surface area (Å²) in [7, 11) is 2.00. The number of aromatic nitrogens is 1. The van der Waals surface area contributed by atoms with Crippen LogP contribution in [0.5, 0.6) is 0 Å². The number of anilines is 1. The Balaban J connectivity index is 2.03. The fraction of sp³-hybridized carbons (Fsp3) is 0.688. The molecule has 1 fully saturated rings. The van der Waals surface area contributed by atoms with Crippen molar-refractivity contribution in [2.45, 2.75) is 39.7 Å². The molecule has 0 aliphatic carbocycles. The molecule has 106 valence electrons. The predicted octanol–water partition coefficient (Wildman–Crippen LogP) is 3.23. The van der Waals surface area contributed by atoms with Gasteiger partial charge in [0, 0.05) is 25.3 Å². The lowest BCUT2D eigenvalue weighted by molar-refractivity contribution is 0.310. The van der Waals surface area contributed by atoms with Crippen LogP contribution in [-0.2, 0) is 0 Å². The van der Waals surface area contributed by atoms with E-state index in [-0.39, 0.29) is 0 Å². The molecule has 2 heterocycles. The molecular formula is C16H27N3. The van der Waals surface area contributed by atoms with Crippen LogP contribution in [0.2, 0.25) is 0 Å². The summed E-state index contributed by atoms with van der Waals surface area (Å²) in [6, 6.07) is 4.72. The maximum absolute atomic E-state index is 4.55. The molecule has 0 spiro atoms. The van der Waals surface area contributed by atoms with E-state index in [0.717, 1.165) is 30.7 Å². The van der Waals surface area contributed by atoms with Crippen LogP contribution >= 0.6 is 0 Å². The number of hydrogen-bond acceptors (Lipinski definition) is 3. The second kappa shape index (κ2) is 6.38. The van der Waals surface area contributed by atoms with Crippen molar-refractivity contribution in [3.05, 3.63) is 23.9 Å². The molecule has 0 radical (unpaired) electrons. The van der Waals surface area contributed by atoms with E-state index < -0.39 is 0 Å². The van der Waals surface area contributed by atoms with Crippen LogP contribution in [0.25, 0.3) is 0 Å². The molecule has 1 aromatic heterocycles. The third-order valence-corrected chi connectivity index (χ3v) is 4.51. The van der Waals surface area contributed by atoms with Gasteiger partial charge < -0.3 is 10.2 Å². The van der Waals surface area contributed by atoms with Gasteiger partial charge in [0.1, 0.15) is 5.82 Å². The summed E-state index contributed by atoms with van der Waals surface area (Å²) in [5.74, 6) is 2.84. The summed E-state index contributed by atoms with van der Waals surface area (Å²) < 4.78 is 0. The van der Waals surface area contributed by atoms with E-state index in [1.165, 1.54) is 18.4 Å². The Morgan fingerprint density at radius 2 is 1.95 bits per heavy atom. The molecule has 1 aromatic rings. The van der Waals surface area contributed by atoms with E-state index >= 15 is 0 Å². The smallest absolute Gasteiger partial charge is 0.128 e. The maximum Gasteiger partial charge on any atom is 0.128 e. The van der Waals surface area contributed by atoms with Gasteiger partial charge in [0.05, 0.1) is 0 Å². The maximum atomic E-state index is 4.55. The van der Waals surface area contributed by atoms with Crippen molar-refractivity contribution < 1.29 is 0 Å². The third-order valence-electron chi connectivity index (χ3n) is 4.51. The number of pyridine rings is 1. The van der Waals surface area contributed by atoms with Crippen molar-refractivity contribution in [1.82, 2.24) is 10.3 Å². The summed E-state index contributed by atoms with van der Waals surface area (Å²) >= 11 is 0. The molecule has 1 saturated heterocycles. The molecule has 1 unspecified atom stereocenters. The first kappa shape index (κ1) is 14.3. The van der Waals surface area contributed by atoms with Gasteiger partial charge in [-0.25, -0.2) is 4.98 Å². The van der Waals surface area contributed by atoms with Gasteiger partial charge in [0.15, 0.2) is 0 Å². The average Bonchev–Trinajstić information content (AvgIpc) is 2.46. The number of rotatable bonds is 4. The van der Waals surface area contributed by atoms with Crippen LogP contribution in [-0.4, -0.2) is 25.1 Å². The molecule has 19 heavy (non-hydrogen) atoms. The molecule has 2 rings (SSSR count). The molecule has 1 atom stereocenters. The quantitative estimate of drug-likeness (QED) is 0.902. The van der Waals surface area contributed by atoms with Gasteiger partial charge in [0.2, 0.25) is 0 Å². The highest BCUT2D eigenvalue weighted by Gasteiger charge is 2.22. The Hall–Kier alpha value is -1.09. The molecule has 1 N–H and O–H groups in total. The zero-order chi connectivity index (χ0) is 13.8. The van der Waals surface area contributed by atoms with E-state index in [2.05, 4.69) is 48.1 Å². The van der Waals surface area contributed by atoms with E-state index in [9.17, 15) is 0 Å². The van der Waals surface area contributed by atoms with Gasteiger partial charge in [0.25, 0.3) is 0 Å². The zero-order valence-corrected chi connectivity index (χ0v) is 12.7. The Bertz CT molecular complexity index is 395. The Labute approximate surface area is 117 Å². The second-order valence-electron chi connectivity index (χ2n) is 6.03. The highest BCUT2D eigenvalue weighted by atomic mass is 15.2. The van der Waals surface area contributed by atoms with E-state index in [0.29, 0.717) is 6.04 Å². The molecule has 3 nitrogen and oxygen atoms in total. The van der Waals surface area contributed by atoms with Crippen LogP contribution in [0.15, 0.2) is 18.3 Å². The van der Waals surface area contributed by atoms with Crippen molar-refractivity contribution in [3.8, 4) is 0 Å². The minimum atomic E-state index is 0.384. The van der Waals surface area contributed by atoms with E-state index in [4.69, 9.17) is 0 Å². The van der Waals surface area contributed by atoms with Gasteiger partial charge in [-0.2, -0.15) is 0 Å². The highest BCUT2D eigenvalue weighted by molar-refractivity contribution is 5.42. The number of piperidine rings is 1. The monoisotopic (exact) mass is 261 g/mol. The first-order chi connectivity index (χ1) is 9.11. The standard InChI is InChI=1S/C16H27N3/c1-12(2)14-6-9-19(10-7-14)16-11-15(5-8-18-16)13(3)17-4/h5,8,11-14,17H,6-7,9-10H2,1-4H3. The highest BCUT2D eigenvalue weighted by Crippen LogP contribution is 2.27. The topological polar surface area (TPSA) is 28.2 Å². The first-order valence-electron chi connectivity index (χ1n) is 7.50. The number of nitrogens with zero attached hydrogens (tertiary/aromatic N) is 2. The van der Waals surface area contributed by atoms with Gasteiger partial charge in [-0.3, -0.25) is 0 Å². The van der Waals surface area contributed by atoms with Crippen molar-refractivity contribution in [2.24, 2.45) is 11.8 Å². The van der Waals surface area contributed by atoms with Crippen LogP contribution in [0.1, 0.15) is 45.2 Å². The zero-order valence-electron chi connectivity index (χ0n) is 12.7. The lowest BCUT2D eigenvalue weighted by atomic mass is 9.87. The summed E-state index contributed by atoms with van der Waals surface area (Å²) in [5.41, 5.74) is 1.32. The van der Waals surface area contributed by atoms with Crippen LogP contribution < -0.4 is 10.2 Å². The SMILES string of the molecule is CNC(C)c1ccnc(N2CCC(C(C)C)CC2)c1. The minimum Gasteiger partial charge on any atom is -0.357 e. The molecule has 3 heteroatoms. The predicted molar refractivity (Wildman–Crippen MR) is 81.5 cm³/mol. The lowest BCUT2D eigenvalue weighted by Gasteiger charge is -2.34. The Morgan fingerprint density at radius 3 is 2.53 bits per heavy atom. The second-order valence-corrected chi connectivity index (χ2v) is 6.03. The fourth-order valence-electron chi connectivity index (χ4n) is 2.84. The first-order valence-corrected chi connectivity index (χ1v) is 7.50. The number of hydrogen-bond donors (Lipinski definition) is 1. The fourth-order valence-corrected chi connectivity index (χ4v) is 2.84. The van der Waals surface area contributed by atoms with Gasteiger partial charge in [-0.15, -0.1) is 0 Å². The molecular weight excluding hydrogens is 234 g/mol. The van der Waals surface area contributed by atoms with Gasteiger partial charge in [-0.1, -0.05) is 13.8 Å². The van der Waals surface area contributed by atoms with Crippen molar-refractivity contribution in [3.63, 3.8) is 0 Å². The summed E-state index contributed by atoms with van der Waals surface area (Å²) in [6.45, 7) is 9.16. The molecule has 1 aliphatic heterocycles. The summed E-state index contributed by atoms with van der Waals surface area (Å²) in [5, 5.41) is 3.29. The van der Waals surface area contributed by atoms with Crippen LogP contribution in [0, 0.1) is 11.8 Å². The Morgan fingerprint density at radius 1 is 1.26 bits per heavy atom. The Kier molecular flexibility index (Phi) is 4.81. The van der Waals surface area contributed by atoms with E-state index in [1.807, 2.05) is 13.2 Å². The summed E-state index contributed by atoms with van der Waals surface area (Å²) in [6.07, 6.45) is 4.53. The van der Waals surface area contributed by atoms with E-state index in [1.54, 1.807) is 0 Å². The normalized spacial score (nSPS) is 18.9. The third kappa shape index (κ3) is 3.47. The largest absolute Gasteiger partial charge is 0.357 e. The van der Waals surface area contributed by atoms with Crippen LogP contribution in [0.3, 0.4) is 0 Å². The average molecular weight is 261 g/mol. The molecule has 0 aromatic carbocycles. The molecule has 0 saturated carbocycles. The molecule has 0 amide bonds. The molecule has 0 bridgehead atoms. The van der Waals surface area contributed by atoms with Gasteiger partial charge >= 0.3 is 0 Å².